The molecule has 0 aliphatic heterocycles. The minimum Gasteiger partial charge on any atom is -0.457 e. The Morgan fingerprint density at radius 3 is 2.52 bits per heavy atom. The van der Waals surface area contributed by atoms with Crippen LogP contribution >= 0.6 is 0 Å². The number of carbonyl (C=O) groups excluding carboxylic acids is 1. The van der Waals surface area contributed by atoms with Crippen LogP contribution in [0.1, 0.15) is 32.3 Å². The molecule has 0 saturated heterocycles. The lowest BCUT2D eigenvalue weighted by molar-refractivity contribution is 0.247. The largest absolute Gasteiger partial charge is 0.457 e. The molecule has 0 aliphatic carbocycles. The van der Waals surface area contributed by atoms with Gasteiger partial charge in [0, 0.05) is 17.8 Å². The van der Waals surface area contributed by atoms with Gasteiger partial charge in [-0.3, -0.25) is 0 Å². The fourth-order valence-electron chi connectivity index (χ4n) is 2.41. The van der Waals surface area contributed by atoms with Gasteiger partial charge in [0.25, 0.3) is 0 Å². The van der Waals surface area contributed by atoms with Gasteiger partial charge in [-0.2, -0.15) is 0 Å². The molecule has 25 heavy (non-hydrogen) atoms. The second kappa shape index (κ2) is 8.37. The molecule has 0 aliphatic rings. The fraction of sp³-hybridized carbons (Fsp3) is 0.316. The summed E-state index contributed by atoms with van der Waals surface area (Å²) in [4.78, 5) is 11.9. The van der Waals surface area contributed by atoms with Crippen LogP contribution in [-0.2, 0) is 0 Å². The van der Waals surface area contributed by atoms with Crippen molar-refractivity contribution in [3.8, 4) is 11.5 Å². The maximum Gasteiger partial charge on any atom is 0.319 e. The fourth-order valence-corrected chi connectivity index (χ4v) is 2.41. The van der Waals surface area contributed by atoms with Gasteiger partial charge in [0.15, 0.2) is 0 Å². The maximum atomic E-state index is 14.2. The van der Waals surface area contributed by atoms with Crippen molar-refractivity contribution in [2.75, 3.05) is 11.1 Å². The van der Waals surface area contributed by atoms with Crippen LogP contribution in [0.25, 0.3) is 0 Å². The zero-order valence-electron chi connectivity index (χ0n) is 14.7. The number of anilines is 2. The van der Waals surface area contributed by atoms with Crippen molar-refractivity contribution in [2.24, 2.45) is 0 Å². The summed E-state index contributed by atoms with van der Waals surface area (Å²) in [6.07, 6.45) is 1.64. The molecule has 0 aromatic heterocycles. The molecular formula is C19H24FN3O2. The summed E-state index contributed by atoms with van der Waals surface area (Å²) in [5.74, 6) is 0.377. The van der Waals surface area contributed by atoms with Crippen LogP contribution in [0.5, 0.6) is 11.5 Å². The molecule has 0 saturated carbocycles. The van der Waals surface area contributed by atoms with Gasteiger partial charge in [-0.1, -0.05) is 13.8 Å². The van der Waals surface area contributed by atoms with Crippen LogP contribution in [-0.4, -0.2) is 12.1 Å². The molecule has 4 N–H and O–H groups in total. The quantitative estimate of drug-likeness (QED) is 0.657. The van der Waals surface area contributed by atoms with Gasteiger partial charge in [-0.25, -0.2) is 9.18 Å². The van der Waals surface area contributed by atoms with Crippen LogP contribution in [0, 0.1) is 12.7 Å². The van der Waals surface area contributed by atoms with E-state index in [0.29, 0.717) is 17.2 Å². The van der Waals surface area contributed by atoms with E-state index in [4.69, 9.17) is 10.5 Å². The van der Waals surface area contributed by atoms with Gasteiger partial charge in [0.1, 0.15) is 17.3 Å². The van der Waals surface area contributed by atoms with Crippen molar-refractivity contribution < 1.29 is 13.9 Å². The smallest absolute Gasteiger partial charge is 0.319 e. The number of hydrogen-bond donors (Lipinski definition) is 3. The molecule has 0 fully saturated rings. The average Bonchev–Trinajstić information content (AvgIpc) is 2.57. The third-order valence-corrected chi connectivity index (χ3v) is 3.94. The Balaban J connectivity index is 2.06. The van der Waals surface area contributed by atoms with Crippen molar-refractivity contribution >= 4 is 17.4 Å². The van der Waals surface area contributed by atoms with Crippen LogP contribution in [0.2, 0.25) is 0 Å². The van der Waals surface area contributed by atoms with E-state index in [-0.39, 0.29) is 11.7 Å². The monoisotopic (exact) mass is 345 g/mol. The number of hydrogen-bond acceptors (Lipinski definition) is 3. The van der Waals surface area contributed by atoms with Gasteiger partial charge in [-0.15, -0.1) is 0 Å². The van der Waals surface area contributed by atoms with Gasteiger partial charge >= 0.3 is 6.03 Å². The first kappa shape index (κ1) is 18.6. The van der Waals surface area contributed by atoms with Crippen LogP contribution in [0.15, 0.2) is 36.4 Å². The maximum absolute atomic E-state index is 14.2. The molecule has 2 amide bonds. The molecule has 2 aromatic carbocycles. The Morgan fingerprint density at radius 1 is 1.20 bits per heavy atom. The third-order valence-electron chi connectivity index (χ3n) is 3.94. The highest BCUT2D eigenvalue weighted by Gasteiger charge is 2.12. The lowest BCUT2D eigenvalue weighted by Crippen LogP contribution is -2.37. The highest BCUT2D eigenvalue weighted by atomic mass is 19.1. The first-order valence-electron chi connectivity index (χ1n) is 8.34. The first-order valence-corrected chi connectivity index (χ1v) is 8.34. The zero-order valence-corrected chi connectivity index (χ0v) is 14.7. The van der Waals surface area contributed by atoms with E-state index in [0.717, 1.165) is 18.4 Å². The van der Waals surface area contributed by atoms with Gasteiger partial charge in [0.2, 0.25) is 0 Å². The SMILES string of the molecule is CCC(CC)NC(=O)Nc1ccc(Oc2ccc(N)cc2C)cc1F. The van der Waals surface area contributed by atoms with Crippen molar-refractivity contribution in [2.45, 2.75) is 39.7 Å². The number of urea groups is 1. The number of halogens is 1. The molecule has 0 atom stereocenters. The molecule has 0 radical (unpaired) electrons. The summed E-state index contributed by atoms with van der Waals surface area (Å²) < 4.78 is 19.9. The minimum atomic E-state index is -0.565. The Kier molecular flexibility index (Phi) is 6.22. The number of nitrogens with two attached hydrogens (primary N) is 1. The van der Waals surface area contributed by atoms with E-state index in [2.05, 4.69) is 10.6 Å². The molecular weight excluding hydrogens is 321 g/mol. The van der Waals surface area contributed by atoms with E-state index in [1.54, 1.807) is 24.3 Å². The van der Waals surface area contributed by atoms with E-state index in [1.807, 2.05) is 20.8 Å². The predicted molar refractivity (Wildman–Crippen MR) is 98.6 cm³/mol. The Bertz CT molecular complexity index is 745. The van der Waals surface area contributed by atoms with E-state index < -0.39 is 11.8 Å². The van der Waals surface area contributed by atoms with Crippen molar-refractivity contribution in [1.29, 1.82) is 0 Å². The van der Waals surface area contributed by atoms with E-state index >= 15 is 0 Å². The lowest BCUT2D eigenvalue weighted by atomic mass is 10.2. The number of benzene rings is 2. The summed E-state index contributed by atoms with van der Waals surface area (Å²) >= 11 is 0. The second-order valence-corrected chi connectivity index (χ2v) is 5.88. The molecule has 2 rings (SSSR count). The number of rotatable bonds is 6. The Morgan fingerprint density at radius 2 is 1.92 bits per heavy atom. The van der Waals surface area contributed by atoms with Crippen molar-refractivity contribution in [3.63, 3.8) is 0 Å². The van der Waals surface area contributed by atoms with Crippen molar-refractivity contribution in [3.05, 3.63) is 47.8 Å². The summed E-state index contributed by atoms with van der Waals surface area (Å²) in [7, 11) is 0. The summed E-state index contributed by atoms with van der Waals surface area (Å²) in [6.45, 7) is 5.83. The number of aryl methyl sites for hydroxylation is 1. The Labute approximate surface area is 147 Å². The standard InChI is InChI=1S/C19H24FN3O2/c1-4-14(5-2)22-19(24)23-17-8-7-15(11-16(17)20)25-18-9-6-13(21)10-12(18)3/h6-11,14H,4-5,21H2,1-3H3,(H2,22,23,24). The number of amides is 2. The van der Waals surface area contributed by atoms with Gasteiger partial charge in [-0.05, 0) is 55.7 Å². The van der Waals surface area contributed by atoms with Gasteiger partial charge < -0.3 is 21.1 Å². The molecule has 6 heteroatoms. The summed E-state index contributed by atoms with van der Waals surface area (Å²) in [6, 6.07) is 9.20. The predicted octanol–water partition coefficient (Wildman–Crippen LogP) is 4.82. The molecule has 0 unspecified atom stereocenters. The van der Waals surface area contributed by atoms with E-state index in [1.165, 1.54) is 12.1 Å². The van der Waals surface area contributed by atoms with Crippen molar-refractivity contribution in [1.82, 2.24) is 5.32 Å². The average molecular weight is 345 g/mol. The zero-order chi connectivity index (χ0) is 18.4. The van der Waals surface area contributed by atoms with Gasteiger partial charge in [0.05, 0.1) is 5.69 Å². The summed E-state index contributed by atoms with van der Waals surface area (Å²) in [5, 5.41) is 5.32. The second-order valence-electron chi connectivity index (χ2n) is 5.88. The van der Waals surface area contributed by atoms with E-state index in [9.17, 15) is 9.18 Å². The van der Waals surface area contributed by atoms with Crippen LogP contribution < -0.4 is 21.1 Å². The highest BCUT2D eigenvalue weighted by molar-refractivity contribution is 5.89. The molecule has 0 bridgehead atoms. The summed E-state index contributed by atoms with van der Waals surface area (Å²) in [5.41, 5.74) is 7.30. The molecule has 2 aromatic rings. The molecule has 0 spiro atoms. The lowest BCUT2D eigenvalue weighted by Gasteiger charge is -2.16. The Hall–Kier alpha value is -2.76. The highest BCUT2D eigenvalue weighted by Crippen LogP contribution is 2.28. The number of nitrogens with one attached hydrogen (secondary N) is 2. The molecule has 134 valence electrons. The number of carbonyl (C=O) groups is 1. The van der Waals surface area contributed by atoms with Crippen LogP contribution in [0.4, 0.5) is 20.6 Å². The molecule has 0 heterocycles. The normalized spacial score (nSPS) is 10.6. The molecule has 5 nitrogen and oxygen atoms in total. The minimum absolute atomic E-state index is 0.0687. The first-order chi connectivity index (χ1) is 11.9. The number of nitrogen functional groups attached to an aromatic ring is 1. The third kappa shape index (κ3) is 5.11. The van der Waals surface area contributed by atoms with Crippen LogP contribution in [0.3, 0.4) is 0 Å². The number of ether oxygens (including phenoxy) is 1. The topological polar surface area (TPSA) is 76.4 Å².